The van der Waals surface area contributed by atoms with Crippen LogP contribution in [0.3, 0.4) is 0 Å². The quantitative estimate of drug-likeness (QED) is 0.855. The molecule has 1 aliphatic heterocycles. The normalized spacial score (nSPS) is 17.3. The predicted molar refractivity (Wildman–Crippen MR) is 84.7 cm³/mol. The van der Waals surface area contributed by atoms with Crippen molar-refractivity contribution in [1.29, 1.82) is 0 Å². The highest BCUT2D eigenvalue weighted by Gasteiger charge is 2.21. The lowest BCUT2D eigenvalue weighted by atomic mass is 10.2. The second-order valence-electron chi connectivity index (χ2n) is 5.26. The molecule has 21 heavy (non-hydrogen) atoms. The van der Waals surface area contributed by atoms with Crippen molar-refractivity contribution < 1.29 is 8.42 Å². The van der Waals surface area contributed by atoms with Crippen LogP contribution in [0.1, 0.15) is 19.4 Å². The Labute approximate surface area is 128 Å². The Bertz CT molecular complexity index is 533. The number of benzene rings is 1. The molecule has 0 aliphatic carbocycles. The van der Waals surface area contributed by atoms with E-state index in [1.165, 1.54) is 4.31 Å². The molecule has 1 aromatic carbocycles. The van der Waals surface area contributed by atoms with Crippen molar-refractivity contribution in [3.05, 3.63) is 29.8 Å². The van der Waals surface area contributed by atoms with Gasteiger partial charge >= 0.3 is 0 Å². The van der Waals surface area contributed by atoms with Crippen LogP contribution in [0.25, 0.3) is 0 Å². The Hall–Kier alpha value is -0.950. The lowest BCUT2D eigenvalue weighted by Gasteiger charge is -2.27. The molecule has 0 unspecified atom stereocenters. The van der Waals surface area contributed by atoms with Gasteiger partial charge in [0.25, 0.3) is 0 Å². The smallest absolute Gasteiger partial charge is 0.243 e. The standard InChI is InChI=1S/C15H25N3O2S/c1-3-18(4-2)21(19,20)15-7-5-14(6-8-15)13-17-11-9-16-10-12-17/h5-8,16H,3-4,9-13H2,1-2H3. The maximum Gasteiger partial charge on any atom is 0.243 e. The molecule has 0 bridgehead atoms. The van der Waals surface area contributed by atoms with E-state index in [0.29, 0.717) is 18.0 Å². The highest BCUT2D eigenvalue weighted by molar-refractivity contribution is 7.89. The molecule has 1 aromatic rings. The van der Waals surface area contributed by atoms with E-state index in [2.05, 4.69) is 10.2 Å². The minimum absolute atomic E-state index is 0.385. The molecule has 1 saturated heterocycles. The SMILES string of the molecule is CCN(CC)S(=O)(=O)c1ccc(CN2CCNCC2)cc1. The maximum absolute atomic E-state index is 12.4. The summed E-state index contributed by atoms with van der Waals surface area (Å²) in [6, 6.07) is 7.31. The summed E-state index contributed by atoms with van der Waals surface area (Å²) in [7, 11) is -3.34. The third kappa shape index (κ3) is 4.03. The van der Waals surface area contributed by atoms with Gasteiger partial charge in [-0.2, -0.15) is 4.31 Å². The van der Waals surface area contributed by atoms with Crippen LogP contribution in [0.4, 0.5) is 0 Å². The minimum atomic E-state index is -3.34. The molecule has 1 aliphatic rings. The van der Waals surface area contributed by atoms with Gasteiger partial charge in [-0.05, 0) is 17.7 Å². The van der Waals surface area contributed by atoms with E-state index in [-0.39, 0.29) is 0 Å². The first-order valence-electron chi connectivity index (χ1n) is 7.60. The number of rotatable bonds is 6. The summed E-state index contributed by atoms with van der Waals surface area (Å²) in [4.78, 5) is 2.76. The van der Waals surface area contributed by atoms with Gasteiger partial charge in [-0.25, -0.2) is 8.42 Å². The van der Waals surface area contributed by atoms with Crippen LogP contribution in [0.5, 0.6) is 0 Å². The average Bonchev–Trinajstić information content (AvgIpc) is 2.50. The summed E-state index contributed by atoms with van der Waals surface area (Å²) in [5.74, 6) is 0. The number of sulfonamides is 1. The fraction of sp³-hybridized carbons (Fsp3) is 0.600. The number of piperazine rings is 1. The van der Waals surface area contributed by atoms with Crippen LogP contribution < -0.4 is 5.32 Å². The molecule has 2 rings (SSSR count). The van der Waals surface area contributed by atoms with Gasteiger partial charge in [-0.1, -0.05) is 26.0 Å². The van der Waals surface area contributed by atoms with Crippen molar-refractivity contribution in [1.82, 2.24) is 14.5 Å². The van der Waals surface area contributed by atoms with Crippen molar-refractivity contribution in [3.8, 4) is 0 Å². The fourth-order valence-corrected chi connectivity index (χ4v) is 4.06. The van der Waals surface area contributed by atoms with E-state index >= 15 is 0 Å². The zero-order chi connectivity index (χ0) is 15.3. The lowest BCUT2D eigenvalue weighted by Crippen LogP contribution is -2.42. The monoisotopic (exact) mass is 311 g/mol. The van der Waals surface area contributed by atoms with Crippen molar-refractivity contribution >= 4 is 10.0 Å². The second kappa shape index (κ2) is 7.35. The summed E-state index contributed by atoms with van der Waals surface area (Å²) in [5.41, 5.74) is 1.16. The molecular weight excluding hydrogens is 286 g/mol. The topological polar surface area (TPSA) is 52.7 Å². The van der Waals surface area contributed by atoms with Gasteiger partial charge < -0.3 is 5.32 Å². The van der Waals surface area contributed by atoms with Gasteiger partial charge in [-0.15, -0.1) is 0 Å². The average molecular weight is 311 g/mol. The fourth-order valence-electron chi connectivity index (χ4n) is 2.61. The highest BCUT2D eigenvalue weighted by atomic mass is 32.2. The molecule has 118 valence electrons. The molecule has 0 spiro atoms. The van der Waals surface area contributed by atoms with Crippen LogP contribution >= 0.6 is 0 Å². The molecule has 0 saturated carbocycles. The van der Waals surface area contributed by atoms with Gasteiger partial charge in [0.2, 0.25) is 10.0 Å². The predicted octanol–water partition coefficient (Wildman–Crippen LogP) is 1.12. The van der Waals surface area contributed by atoms with Gasteiger partial charge in [-0.3, -0.25) is 4.90 Å². The number of hydrogen-bond acceptors (Lipinski definition) is 4. The zero-order valence-electron chi connectivity index (χ0n) is 12.9. The largest absolute Gasteiger partial charge is 0.314 e. The first-order valence-corrected chi connectivity index (χ1v) is 9.04. The second-order valence-corrected chi connectivity index (χ2v) is 7.20. The van der Waals surface area contributed by atoms with Crippen LogP contribution in [-0.2, 0) is 16.6 Å². The summed E-state index contributed by atoms with van der Waals surface area (Å²) in [6.07, 6.45) is 0. The summed E-state index contributed by atoms with van der Waals surface area (Å²) in [6.45, 7) is 9.73. The van der Waals surface area contributed by atoms with E-state index in [9.17, 15) is 8.42 Å². The van der Waals surface area contributed by atoms with Gasteiger partial charge in [0, 0.05) is 45.8 Å². The molecular formula is C15H25N3O2S. The molecule has 0 radical (unpaired) electrons. The summed E-state index contributed by atoms with van der Waals surface area (Å²) in [5, 5.41) is 3.33. The molecule has 1 N–H and O–H groups in total. The molecule has 5 nitrogen and oxygen atoms in total. The van der Waals surface area contributed by atoms with E-state index in [4.69, 9.17) is 0 Å². The summed E-state index contributed by atoms with van der Waals surface area (Å²) >= 11 is 0. The highest BCUT2D eigenvalue weighted by Crippen LogP contribution is 2.17. The van der Waals surface area contributed by atoms with Crippen molar-refractivity contribution in [2.24, 2.45) is 0 Å². The Balaban J connectivity index is 2.07. The van der Waals surface area contributed by atoms with Crippen molar-refractivity contribution in [2.75, 3.05) is 39.3 Å². The number of nitrogens with one attached hydrogen (secondary N) is 1. The van der Waals surface area contributed by atoms with Crippen molar-refractivity contribution in [2.45, 2.75) is 25.3 Å². The van der Waals surface area contributed by atoms with Gasteiger partial charge in [0.05, 0.1) is 4.90 Å². The molecule has 0 amide bonds. The minimum Gasteiger partial charge on any atom is -0.314 e. The molecule has 0 aromatic heterocycles. The maximum atomic E-state index is 12.4. The van der Waals surface area contributed by atoms with E-state index in [1.54, 1.807) is 12.1 Å². The number of nitrogens with zero attached hydrogens (tertiary/aromatic N) is 2. The first-order chi connectivity index (χ1) is 10.1. The third-order valence-electron chi connectivity index (χ3n) is 3.88. The van der Waals surface area contributed by atoms with Crippen LogP contribution in [0.2, 0.25) is 0 Å². The molecule has 6 heteroatoms. The molecule has 0 atom stereocenters. The van der Waals surface area contributed by atoms with E-state index in [0.717, 1.165) is 38.3 Å². The van der Waals surface area contributed by atoms with E-state index in [1.807, 2.05) is 26.0 Å². The Morgan fingerprint density at radius 3 is 2.19 bits per heavy atom. The Kier molecular flexibility index (Phi) is 5.75. The lowest BCUT2D eigenvalue weighted by molar-refractivity contribution is 0.233. The zero-order valence-corrected chi connectivity index (χ0v) is 13.7. The van der Waals surface area contributed by atoms with Gasteiger partial charge in [0.1, 0.15) is 0 Å². The molecule has 1 heterocycles. The summed E-state index contributed by atoms with van der Waals surface area (Å²) < 4.78 is 26.3. The Morgan fingerprint density at radius 2 is 1.67 bits per heavy atom. The molecule has 1 fully saturated rings. The van der Waals surface area contributed by atoms with Crippen molar-refractivity contribution in [3.63, 3.8) is 0 Å². The van der Waals surface area contributed by atoms with Crippen LogP contribution in [0.15, 0.2) is 29.2 Å². The number of hydrogen-bond donors (Lipinski definition) is 1. The van der Waals surface area contributed by atoms with Gasteiger partial charge in [0.15, 0.2) is 0 Å². The van der Waals surface area contributed by atoms with Crippen LogP contribution in [-0.4, -0.2) is 56.9 Å². The third-order valence-corrected chi connectivity index (χ3v) is 5.95. The van der Waals surface area contributed by atoms with E-state index < -0.39 is 10.0 Å². The Morgan fingerprint density at radius 1 is 1.10 bits per heavy atom. The first kappa shape index (κ1) is 16.4. The van der Waals surface area contributed by atoms with Crippen LogP contribution in [0, 0.1) is 0 Å².